The standard InChI is InChI=1S/C32H39NO5/c1-6-36-31(34)12-9-19-37-30-11-8-7-10-27(30)32(35)33-28-17-18-29(24(5)23(28)4)38-21-26-15-13-25(14-16-26)20-22(2)3/h7-8,10-11,13-18,22H,6,9,12,19-21H2,1-5H3,(H,33,35). The van der Waals surface area contributed by atoms with Gasteiger partial charge in [-0.25, -0.2) is 0 Å². The lowest BCUT2D eigenvalue weighted by Gasteiger charge is -2.16. The topological polar surface area (TPSA) is 73.9 Å². The number of anilines is 1. The minimum atomic E-state index is -0.261. The number of esters is 1. The number of carbonyl (C=O) groups is 2. The Morgan fingerprint density at radius 2 is 1.55 bits per heavy atom. The van der Waals surface area contributed by atoms with E-state index in [0.717, 1.165) is 34.5 Å². The second kappa shape index (κ2) is 14.2. The van der Waals surface area contributed by atoms with Gasteiger partial charge >= 0.3 is 5.97 Å². The molecule has 0 radical (unpaired) electrons. The van der Waals surface area contributed by atoms with Crippen molar-refractivity contribution in [1.29, 1.82) is 0 Å². The van der Waals surface area contributed by atoms with E-state index in [2.05, 4.69) is 43.4 Å². The number of carbonyl (C=O) groups excluding carboxylic acids is 2. The van der Waals surface area contributed by atoms with Crippen LogP contribution in [0.2, 0.25) is 0 Å². The third-order valence-corrected chi connectivity index (χ3v) is 6.27. The summed E-state index contributed by atoms with van der Waals surface area (Å²) in [5.41, 5.74) is 5.51. The lowest BCUT2D eigenvalue weighted by atomic mass is 10.0. The van der Waals surface area contributed by atoms with Crippen LogP contribution < -0.4 is 14.8 Å². The molecule has 3 rings (SSSR count). The van der Waals surface area contributed by atoms with E-state index in [-0.39, 0.29) is 18.3 Å². The molecule has 3 aromatic rings. The Hall–Kier alpha value is -3.80. The molecule has 0 bridgehead atoms. The number of nitrogens with one attached hydrogen (secondary N) is 1. The first-order valence-electron chi connectivity index (χ1n) is 13.3. The van der Waals surface area contributed by atoms with Gasteiger partial charge in [-0.15, -0.1) is 0 Å². The molecule has 0 aromatic heterocycles. The monoisotopic (exact) mass is 517 g/mol. The summed E-state index contributed by atoms with van der Waals surface area (Å²) < 4.78 is 16.9. The molecular weight excluding hydrogens is 478 g/mol. The SMILES string of the molecule is CCOC(=O)CCCOc1ccccc1C(=O)Nc1ccc(OCc2ccc(CC(C)C)cc2)c(C)c1C. The Balaban J connectivity index is 1.60. The Kier molecular flexibility index (Phi) is 10.8. The highest BCUT2D eigenvalue weighted by molar-refractivity contribution is 6.06. The second-order valence-corrected chi connectivity index (χ2v) is 9.77. The van der Waals surface area contributed by atoms with Gasteiger partial charge in [-0.05, 0) is 86.1 Å². The molecule has 1 N–H and O–H groups in total. The van der Waals surface area contributed by atoms with Crippen molar-refractivity contribution in [1.82, 2.24) is 0 Å². The molecule has 202 valence electrons. The molecule has 0 saturated carbocycles. The lowest BCUT2D eigenvalue weighted by molar-refractivity contribution is -0.143. The number of benzene rings is 3. The van der Waals surface area contributed by atoms with E-state index >= 15 is 0 Å². The van der Waals surface area contributed by atoms with Crippen molar-refractivity contribution in [2.75, 3.05) is 18.5 Å². The van der Waals surface area contributed by atoms with E-state index in [4.69, 9.17) is 14.2 Å². The van der Waals surface area contributed by atoms with Crippen LogP contribution in [0.15, 0.2) is 60.7 Å². The summed E-state index contributed by atoms with van der Waals surface area (Å²) in [6.45, 7) is 11.3. The maximum Gasteiger partial charge on any atom is 0.305 e. The van der Waals surface area contributed by atoms with E-state index in [1.165, 1.54) is 5.56 Å². The largest absolute Gasteiger partial charge is 0.493 e. The molecule has 0 spiro atoms. The average Bonchev–Trinajstić information content (AvgIpc) is 2.90. The number of rotatable bonds is 13. The van der Waals surface area contributed by atoms with Crippen LogP contribution in [0.3, 0.4) is 0 Å². The molecule has 0 aliphatic heterocycles. The van der Waals surface area contributed by atoms with Crippen LogP contribution in [0, 0.1) is 19.8 Å². The number of ether oxygens (including phenoxy) is 3. The first-order chi connectivity index (χ1) is 18.3. The fourth-order valence-electron chi connectivity index (χ4n) is 4.09. The van der Waals surface area contributed by atoms with Crippen LogP contribution in [0.4, 0.5) is 5.69 Å². The van der Waals surface area contributed by atoms with Gasteiger partial charge in [0, 0.05) is 12.1 Å². The number of amides is 1. The van der Waals surface area contributed by atoms with Crippen LogP contribution in [0.5, 0.6) is 11.5 Å². The Morgan fingerprint density at radius 3 is 2.26 bits per heavy atom. The van der Waals surface area contributed by atoms with Crippen LogP contribution in [0.25, 0.3) is 0 Å². The summed E-state index contributed by atoms with van der Waals surface area (Å²) in [4.78, 5) is 24.6. The summed E-state index contributed by atoms with van der Waals surface area (Å²) in [6, 6.07) is 19.4. The predicted octanol–water partition coefficient (Wildman–Crippen LogP) is 7.06. The van der Waals surface area contributed by atoms with Gasteiger partial charge in [-0.2, -0.15) is 0 Å². The van der Waals surface area contributed by atoms with Gasteiger partial charge < -0.3 is 19.5 Å². The van der Waals surface area contributed by atoms with E-state index in [9.17, 15) is 9.59 Å². The quantitative estimate of drug-likeness (QED) is 0.194. The van der Waals surface area contributed by atoms with E-state index in [0.29, 0.717) is 43.5 Å². The minimum absolute atomic E-state index is 0.250. The molecule has 0 aliphatic rings. The molecule has 0 aliphatic carbocycles. The van der Waals surface area contributed by atoms with Gasteiger partial charge in [-0.3, -0.25) is 9.59 Å². The van der Waals surface area contributed by atoms with Gasteiger partial charge in [-0.1, -0.05) is 50.2 Å². The summed E-state index contributed by atoms with van der Waals surface area (Å²) >= 11 is 0. The maximum atomic E-state index is 13.1. The molecule has 6 heteroatoms. The summed E-state index contributed by atoms with van der Waals surface area (Å²) in [5.74, 6) is 1.38. The summed E-state index contributed by atoms with van der Waals surface area (Å²) in [6.07, 6.45) is 1.86. The lowest BCUT2D eigenvalue weighted by Crippen LogP contribution is -2.15. The Labute approximate surface area is 226 Å². The van der Waals surface area contributed by atoms with Crippen molar-refractivity contribution in [3.63, 3.8) is 0 Å². The van der Waals surface area contributed by atoms with E-state index in [1.807, 2.05) is 32.0 Å². The average molecular weight is 518 g/mol. The highest BCUT2D eigenvalue weighted by Gasteiger charge is 2.15. The van der Waals surface area contributed by atoms with Gasteiger partial charge in [0.1, 0.15) is 18.1 Å². The zero-order chi connectivity index (χ0) is 27.5. The van der Waals surface area contributed by atoms with Crippen LogP contribution >= 0.6 is 0 Å². The molecule has 0 saturated heterocycles. The zero-order valence-electron chi connectivity index (χ0n) is 23.1. The van der Waals surface area contributed by atoms with Gasteiger partial charge in [0.25, 0.3) is 5.91 Å². The van der Waals surface area contributed by atoms with Crippen LogP contribution in [0.1, 0.15) is 66.2 Å². The van der Waals surface area contributed by atoms with E-state index in [1.54, 1.807) is 25.1 Å². The van der Waals surface area contributed by atoms with Gasteiger partial charge in [0.05, 0.1) is 18.8 Å². The highest BCUT2D eigenvalue weighted by Crippen LogP contribution is 2.29. The predicted molar refractivity (Wildman–Crippen MR) is 151 cm³/mol. The number of hydrogen-bond donors (Lipinski definition) is 1. The van der Waals surface area contributed by atoms with Crippen molar-refractivity contribution in [2.24, 2.45) is 5.92 Å². The van der Waals surface area contributed by atoms with Crippen LogP contribution in [-0.4, -0.2) is 25.1 Å². The molecule has 0 atom stereocenters. The second-order valence-electron chi connectivity index (χ2n) is 9.77. The summed E-state index contributed by atoms with van der Waals surface area (Å²) in [7, 11) is 0. The van der Waals surface area contributed by atoms with Crippen molar-refractivity contribution in [3.05, 3.63) is 88.5 Å². The first kappa shape index (κ1) is 28.8. The number of hydrogen-bond acceptors (Lipinski definition) is 5. The maximum absolute atomic E-state index is 13.1. The minimum Gasteiger partial charge on any atom is -0.493 e. The fourth-order valence-corrected chi connectivity index (χ4v) is 4.09. The molecular formula is C32H39NO5. The molecule has 3 aromatic carbocycles. The Bertz CT molecular complexity index is 1220. The van der Waals surface area contributed by atoms with Gasteiger partial charge in [0.15, 0.2) is 0 Å². The molecule has 0 fully saturated rings. The number of para-hydroxylation sites is 1. The normalized spacial score (nSPS) is 10.8. The third kappa shape index (κ3) is 8.37. The summed E-state index contributed by atoms with van der Waals surface area (Å²) in [5, 5.41) is 3.01. The van der Waals surface area contributed by atoms with Crippen LogP contribution in [-0.2, 0) is 22.6 Å². The highest BCUT2D eigenvalue weighted by atomic mass is 16.5. The zero-order valence-corrected chi connectivity index (χ0v) is 23.1. The molecule has 0 heterocycles. The third-order valence-electron chi connectivity index (χ3n) is 6.27. The molecule has 38 heavy (non-hydrogen) atoms. The van der Waals surface area contributed by atoms with Crippen molar-refractivity contribution >= 4 is 17.6 Å². The first-order valence-corrected chi connectivity index (χ1v) is 13.3. The van der Waals surface area contributed by atoms with Gasteiger partial charge in [0.2, 0.25) is 0 Å². The molecule has 6 nitrogen and oxygen atoms in total. The molecule has 0 unspecified atom stereocenters. The van der Waals surface area contributed by atoms with Crippen molar-refractivity contribution in [3.8, 4) is 11.5 Å². The molecule has 1 amide bonds. The van der Waals surface area contributed by atoms with Crippen molar-refractivity contribution in [2.45, 2.75) is 60.5 Å². The fraction of sp³-hybridized carbons (Fsp3) is 0.375. The smallest absolute Gasteiger partial charge is 0.305 e. The van der Waals surface area contributed by atoms with Crippen molar-refractivity contribution < 1.29 is 23.8 Å². The van der Waals surface area contributed by atoms with E-state index < -0.39 is 0 Å². The Morgan fingerprint density at radius 1 is 0.842 bits per heavy atom.